The highest BCUT2D eigenvalue weighted by Crippen LogP contribution is 2.12. The lowest BCUT2D eigenvalue weighted by molar-refractivity contribution is 0.0930. The van der Waals surface area contributed by atoms with Crippen LogP contribution in [0.15, 0.2) is 36.9 Å². The zero-order chi connectivity index (χ0) is 13.5. The predicted molar refractivity (Wildman–Crippen MR) is 73.9 cm³/mol. The molecule has 1 aromatic carbocycles. The Labute approximate surface area is 109 Å². The molecule has 0 saturated heterocycles. The van der Waals surface area contributed by atoms with Crippen molar-refractivity contribution in [2.75, 3.05) is 6.61 Å². The maximum atomic E-state index is 11.9. The molecule has 0 spiro atoms. The van der Waals surface area contributed by atoms with Crippen LogP contribution in [0.3, 0.4) is 0 Å². The van der Waals surface area contributed by atoms with E-state index in [1.54, 1.807) is 30.3 Å². The highest BCUT2D eigenvalue weighted by atomic mass is 16.5. The fourth-order valence-electron chi connectivity index (χ4n) is 1.31. The number of carbonyl (C=O) groups excluding carboxylic acids is 1. The minimum atomic E-state index is -0.0496. The molecule has 0 aliphatic carbocycles. The lowest BCUT2D eigenvalue weighted by atomic mass is 10.1. The summed E-state index contributed by atoms with van der Waals surface area (Å²) in [7, 11) is 0. The van der Waals surface area contributed by atoms with Crippen molar-refractivity contribution in [2.45, 2.75) is 26.8 Å². The molecule has 98 valence electrons. The van der Waals surface area contributed by atoms with Crippen LogP contribution in [0.4, 0.5) is 0 Å². The second-order valence-electron chi connectivity index (χ2n) is 4.63. The number of hydrogen-bond acceptors (Lipinski definition) is 2. The van der Waals surface area contributed by atoms with Gasteiger partial charge in [-0.2, -0.15) is 0 Å². The Hall–Kier alpha value is -1.77. The Morgan fingerprint density at radius 3 is 2.44 bits per heavy atom. The van der Waals surface area contributed by atoms with E-state index < -0.39 is 0 Å². The second kappa shape index (κ2) is 6.84. The Balaban J connectivity index is 2.61. The topological polar surface area (TPSA) is 38.3 Å². The number of ether oxygens (including phenoxy) is 1. The van der Waals surface area contributed by atoms with Gasteiger partial charge in [0.25, 0.3) is 5.91 Å². The SMILES string of the molecule is C=CCOc1ccc(C(=O)N[C@H](C)C(C)C)cc1. The van der Waals surface area contributed by atoms with Gasteiger partial charge in [0.1, 0.15) is 12.4 Å². The van der Waals surface area contributed by atoms with Crippen molar-refractivity contribution >= 4 is 5.91 Å². The van der Waals surface area contributed by atoms with E-state index >= 15 is 0 Å². The van der Waals surface area contributed by atoms with Crippen molar-refractivity contribution in [3.8, 4) is 5.75 Å². The van der Waals surface area contributed by atoms with Gasteiger partial charge in [0.05, 0.1) is 0 Å². The molecule has 0 fully saturated rings. The minimum Gasteiger partial charge on any atom is -0.490 e. The van der Waals surface area contributed by atoms with E-state index in [2.05, 4.69) is 25.7 Å². The first-order valence-corrected chi connectivity index (χ1v) is 6.19. The highest BCUT2D eigenvalue weighted by Gasteiger charge is 2.12. The summed E-state index contributed by atoms with van der Waals surface area (Å²) in [6, 6.07) is 7.27. The molecule has 0 bridgehead atoms. The van der Waals surface area contributed by atoms with Gasteiger partial charge in [0.15, 0.2) is 0 Å². The molecule has 0 aliphatic heterocycles. The van der Waals surface area contributed by atoms with Gasteiger partial charge in [0, 0.05) is 11.6 Å². The van der Waals surface area contributed by atoms with Crippen LogP contribution in [0.25, 0.3) is 0 Å². The first-order chi connectivity index (χ1) is 8.54. The van der Waals surface area contributed by atoms with Gasteiger partial charge in [-0.1, -0.05) is 26.5 Å². The van der Waals surface area contributed by atoms with Gasteiger partial charge in [-0.25, -0.2) is 0 Å². The Bertz CT molecular complexity index is 395. The lowest BCUT2D eigenvalue weighted by Gasteiger charge is -2.17. The Kier molecular flexibility index (Phi) is 5.43. The molecule has 3 nitrogen and oxygen atoms in total. The average molecular weight is 247 g/mol. The van der Waals surface area contributed by atoms with Gasteiger partial charge < -0.3 is 10.1 Å². The van der Waals surface area contributed by atoms with E-state index in [-0.39, 0.29) is 11.9 Å². The molecule has 1 amide bonds. The van der Waals surface area contributed by atoms with E-state index in [1.165, 1.54) is 0 Å². The van der Waals surface area contributed by atoms with E-state index in [0.717, 1.165) is 5.75 Å². The third-order valence-electron chi connectivity index (χ3n) is 2.84. The molecule has 1 aromatic rings. The second-order valence-corrected chi connectivity index (χ2v) is 4.63. The lowest BCUT2D eigenvalue weighted by Crippen LogP contribution is -2.36. The quantitative estimate of drug-likeness (QED) is 0.785. The van der Waals surface area contributed by atoms with Crippen molar-refractivity contribution < 1.29 is 9.53 Å². The first kappa shape index (κ1) is 14.3. The summed E-state index contributed by atoms with van der Waals surface area (Å²) in [4.78, 5) is 11.9. The zero-order valence-electron chi connectivity index (χ0n) is 11.3. The van der Waals surface area contributed by atoms with Crippen molar-refractivity contribution in [1.82, 2.24) is 5.32 Å². The molecule has 0 saturated carbocycles. The normalized spacial score (nSPS) is 12.0. The van der Waals surface area contributed by atoms with Crippen LogP contribution in [0.2, 0.25) is 0 Å². The van der Waals surface area contributed by atoms with Crippen molar-refractivity contribution in [1.29, 1.82) is 0 Å². The monoisotopic (exact) mass is 247 g/mol. The smallest absolute Gasteiger partial charge is 0.251 e. The molecule has 0 aromatic heterocycles. The molecule has 1 N–H and O–H groups in total. The standard InChI is InChI=1S/C15H21NO2/c1-5-10-18-14-8-6-13(7-9-14)15(17)16-12(4)11(2)3/h5-9,11-12H,1,10H2,2-4H3,(H,16,17)/t12-/m1/s1. The molecular formula is C15H21NO2. The summed E-state index contributed by atoms with van der Waals surface area (Å²) >= 11 is 0. The first-order valence-electron chi connectivity index (χ1n) is 6.19. The number of amides is 1. The zero-order valence-corrected chi connectivity index (χ0v) is 11.3. The van der Waals surface area contributed by atoms with Crippen molar-refractivity contribution in [2.24, 2.45) is 5.92 Å². The van der Waals surface area contributed by atoms with Crippen LogP contribution in [-0.2, 0) is 0 Å². The third-order valence-corrected chi connectivity index (χ3v) is 2.84. The summed E-state index contributed by atoms with van der Waals surface area (Å²) in [6.45, 7) is 10.2. The number of nitrogens with one attached hydrogen (secondary N) is 1. The van der Waals surface area contributed by atoms with Crippen LogP contribution in [0.5, 0.6) is 5.75 Å². The highest BCUT2D eigenvalue weighted by molar-refractivity contribution is 5.94. The van der Waals surface area contributed by atoms with Gasteiger partial charge in [-0.3, -0.25) is 4.79 Å². The number of benzene rings is 1. The third kappa shape index (κ3) is 4.24. The molecule has 3 heteroatoms. The number of hydrogen-bond donors (Lipinski definition) is 1. The van der Waals surface area contributed by atoms with E-state index in [9.17, 15) is 4.79 Å². The summed E-state index contributed by atoms with van der Waals surface area (Å²) in [6.07, 6.45) is 1.69. The maximum Gasteiger partial charge on any atom is 0.251 e. The number of carbonyl (C=O) groups is 1. The van der Waals surface area contributed by atoms with Crippen LogP contribution >= 0.6 is 0 Å². The van der Waals surface area contributed by atoms with E-state index in [1.807, 2.05) is 6.92 Å². The predicted octanol–water partition coefficient (Wildman–Crippen LogP) is 3.03. The van der Waals surface area contributed by atoms with Crippen LogP contribution in [-0.4, -0.2) is 18.6 Å². The molecule has 1 atom stereocenters. The summed E-state index contributed by atoms with van der Waals surface area (Å²) in [5.41, 5.74) is 0.647. The Morgan fingerprint density at radius 2 is 1.94 bits per heavy atom. The summed E-state index contributed by atoms with van der Waals surface area (Å²) in [5, 5.41) is 2.96. The molecular weight excluding hydrogens is 226 g/mol. The molecule has 0 unspecified atom stereocenters. The van der Waals surface area contributed by atoms with E-state index in [4.69, 9.17) is 4.74 Å². The Morgan fingerprint density at radius 1 is 1.33 bits per heavy atom. The van der Waals surface area contributed by atoms with Gasteiger partial charge in [-0.15, -0.1) is 0 Å². The molecule has 0 heterocycles. The van der Waals surface area contributed by atoms with Crippen molar-refractivity contribution in [3.63, 3.8) is 0 Å². The van der Waals surface area contributed by atoms with Crippen LogP contribution in [0, 0.1) is 5.92 Å². The van der Waals surface area contributed by atoms with Crippen molar-refractivity contribution in [3.05, 3.63) is 42.5 Å². The van der Waals surface area contributed by atoms with Crippen LogP contribution < -0.4 is 10.1 Å². The fourth-order valence-corrected chi connectivity index (χ4v) is 1.31. The molecule has 1 rings (SSSR count). The largest absolute Gasteiger partial charge is 0.490 e. The fraction of sp³-hybridized carbons (Fsp3) is 0.400. The average Bonchev–Trinajstić information content (AvgIpc) is 2.36. The number of rotatable bonds is 6. The molecule has 0 aliphatic rings. The maximum absolute atomic E-state index is 11.9. The van der Waals surface area contributed by atoms with Gasteiger partial charge >= 0.3 is 0 Å². The summed E-state index contributed by atoms with van der Waals surface area (Å²) < 4.78 is 5.36. The van der Waals surface area contributed by atoms with Gasteiger partial charge in [0.2, 0.25) is 0 Å². The molecule has 0 radical (unpaired) electrons. The van der Waals surface area contributed by atoms with Gasteiger partial charge in [-0.05, 0) is 37.1 Å². The molecule has 18 heavy (non-hydrogen) atoms. The summed E-state index contributed by atoms with van der Waals surface area (Å²) in [5.74, 6) is 1.11. The van der Waals surface area contributed by atoms with E-state index in [0.29, 0.717) is 18.1 Å². The minimum absolute atomic E-state index is 0.0496. The van der Waals surface area contributed by atoms with Crippen LogP contribution in [0.1, 0.15) is 31.1 Å².